The van der Waals surface area contributed by atoms with Crippen molar-refractivity contribution in [1.29, 1.82) is 0 Å². The lowest BCUT2D eigenvalue weighted by atomic mass is 10.2. The highest BCUT2D eigenvalue weighted by Gasteiger charge is 2.14. The number of fused-ring (bicyclic) bond motifs is 3. The van der Waals surface area contributed by atoms with E-state index in [-0.39, 0.29) is 18.1 Å². The predicted molar refractivity (Wildman–Crippen MR) is 96.9 cm³/mol. The molecule has 0 aliphatic heterocycles. The Morgan fingerprint density at radius 2 is 2.08 bits per heavy atom. The van der Waals surface area contributed by atoms with Gasteiger partial charge >= 0.3 is 5.97 Å². The number of rotatable bonds is 7. The summed E-state index contributed by atoms with van der Waals surface area (Å²) in [5.41, 5.74) is 2.82. The molecule has 0 unspecified atom stereocenters. The first-order chi connectivity index (χ1) is 12.1. The van der Waals surface area contributed by atoms with Crippen LogP contribution in [0, 0.1) is 6.92 Å². The summed E-state index contributed by atoms with van der Waals surface area (Å²) in [4.78, 5) is 32.2. The number of esters is 1. The van der Waals surface area contributed by atoms with Crippen molar-refractivity contribution in [2.75, 3.05) is 6.61 Å². The van der Waals surface area contributed by atoms with Gasteiger partial charge in [-0.25, -0.2) is 9.38 Å². The number of H-pyrrole nitrogens is 1. The Morgan fingerprint density at radius 1 is 1.28 bits per heavy atom. The summed E-state index contributed by atoms with van der Waals surface area (Å²) in [6, 6.07) is 7.53. The fourth-order valence-corrected chi connectivity index (χ4v) is 3.01. The van der Waals surface area contributed by atoms with Gasteiger partial charge in [-0.2, -0.15) is 0 Å². The third-order valence-electron chi connectivity index (χ3n) is 4.37. The molecule has 2 heterocycles. The molecule has 1 N–H and O–H groups in total. The van der Waals surface area contributed by atoms with Crippen molar-refractivity contribution in [3.63, 3.8) is 0 Å². The maximum absolute atomic E-state index is 12.9. The van der Waals surface area contributed by atoms with E-state index >= 15 is 0 Å². The van der Waals surface area contributed by atoms with Crippen molar-refractivity contribution >= 4 is 22.8 Å². The summed E-state index contributed by atoms with van der Waals surface area (Å²) >= 11 is 0. The summed E-state index contributed by atoms with van der Waals surface area (Å²) in [5, 5.41) is 0. The second-order valence-electron chi connectivity index (χ2n) is 6.22. The number of ether oxygens (including phenoxy) is 1. The Kier molecular flexibility index (Phi) is 5.16. The van der Waals surface area contributed by atoms with Crippen LogP contribution in [0.5, 0.6) is 0 Å². The van der Waals surface area contributed by atoms with Gasteiger partial charge in [-0.3, -0.25) is 9.59 Å². The molecule has 2 aromatic heterocycles. The number of unbranched alkanes of at least 4 members (excludes halogenated alkanes) is 2. The Hall–Kier alpha value is -2.63. The Balaban J connectivity index is 1.79. The van der Waals surface area contributed by atoms with E-state index in [1.807, 2.05) is 31.2 Å². The minimum Gasteiger partial charge on any atom is -0.465 e. The van der Waals surface area contributed by atoms with E-state index in [9.17, 15) is 9.59 Å². The quantitative estimate of drug-likeness (QED) is 0.529. The van der Waals surface area contributed by atoms with E-state index in [1.54, 1.807) is 4.40 Å². The number of carbonyl (C=O) groups excluding carboxylic acids is 1. The molecule has 6 heteroatoms. The van der Waals surface area contributed by atoms with Crippen molar-refractivity contribution in [2.24, 2.45) is 0 Å². The minimum absolute atomic E-state index is 0.109. The van der Waals surface area contributed by atoms with Crippen LogP contribution in [0.25, 0.3) is 16.8 Å². The van der Waals surface area contributed by atoms with Crippen molar-refractivity contribution in [3.8, 4) is 0 Å². The van der Waals surface area contributed by atoms with Gasteiger partial charge in [0.15, 0.2) is 0 Å². The molecule has 1 aromatic carbocycles. The van der Waals surface area contributed by atoms with Gasteiger partial charge in [-0.05, 0) is 25.5 Å². The average Bonchev–Trinajstić information content (AvgIpc) is 2.96. The standard InChI is InChI=1S/C19H23N3O3/c1-3-4-5-10-17(23)25-12-11-14-13(2)20-19-21-15-8-6-7-9-16(15)22(19)18(14)24/h6-9H,3-5,10-12H2,1-2H3,(H,20,21). The summed E-state index contributed by atoms with van der Waals surface area (Å²) < 4.78 is 6.85. The molecule has 6 nitrogen and oxygen atoms in total. The molecular formula is C19H23N3O3. The lowest BCUT2D eigenvalue weighted by molar-refractivity contribution is -0.143. The zero-order valence-electron chi connectivity index (χ0n) is 14.7. The van der Waals surface area contributed by atoms with Gasteiger partial charge in [0.2, 0.25) is 5.78 Å². The van der Waals surface area contributed by atoms with Crippen LogP contribution in [-0.2, 0) is 16.0 Å². The van der Waals surface area contributed by atoms with Crippen molar-refractivity contribution in [2.45, 2.75) is 46.0 Å². The molecule has 132 valence electrons. The van der Waals surface area contributed by atoms with E-state index in [0.29, 0.717) is 24.2 Å². The van der Waals surface area contributed by atoms with Crippen LogP contribution >= 0.6 is 0 Å². The number of carbonyl (C=O) groups is 1. The Bertz CT molecular complexity index is 956. The van der Waals surface area contributed by atoms with Gasteiger partial charge in [0.25, 0.3) is 5.56 Å². The normalized spacial score (nSPS) is 11.3. The van der Waals surface area contributed by atoms with E-state index in [4.69, 9.17) is 4.74 Å². The monoisotopic (exact) mass is 341 g/mol. The van der Waals surface area contributed by atoms with Crippen molar-refractivity contribution in [1.82, 2.24) is 14.4 Å². The molecule has 0 fully saturated rings. The SMILES string of the molecule is CCCCCC(=O)OCCc1c(C)[nH]c2nc3ccccc3n2c1=O. The summed E-state index contributed by atoms with van der Waals surface area (Å²) in [5.74, 6) is 0.334. The number of aryl methyl sites for hydroxylation is 1. The van der Waals surface area contributed by atoms with Crippen LogP contribution in [0.2, 0.25) is 0 Å². The van der Waals surface area contributed by atoms with Gasteiger partial charge in [-0.15, -0.1) is 0 Å². The van der Waals surface area contributed by atoms with E-state index in [2.05, 4.69) is 16.9 Å². The largest absolute Gasteiger partial charge is 0.465 e. The van der Waals surface area contributed by atoms with Gasteiger partial charge in [0.05, 0.1) is 17.6 Å². The van der Waals surface area contributed by atoms with Crippen LogP contribution in [-0.4, -0.2) is 26.9 Å². The molecule has 0 radical (unpaired) electrons. The average molecular weight is 341 g/mol. The van der Waals surface area contributed by atoms with E-state index < -0.39 is 0 Å². The van der Waals surface area contributed by atoms with Gasteiger partial charge in [-0.1, -0.05) is 31.9 Å². The summed E-state index contributed by atoms with van der Waals surface area (Å²) in [7, 11) is 0. The number of nitrogens with zero attached hydrogens (tertiary/aromatic N) is 2. The second kappa shape index (κ2) is 7.51. The van der Waals surface area contributed by atoms with Crippen LogP contribution in [0.4, 0.5) is 0 Å². The number of benzene rings is 1. The minimum atomic E-state index is -0.198. The van der Waals surface area contributed by atoms with Crippen molar-refractivity contribution < 1.29 is 9.53 Å². The Labute approximate surface area is 145 Å². The molecule has 0 amide bonds. The van der Waals surface area contributed by atoms with Gasteiger partial charge in [0, 0.05) is 24.1 Å². The fraction of sp³-hybridized carbons (Fsp3) is 0.421. The highest BCUT2D eigenvalue weighted by atomic mass is 16.5. The third kappa shape index (κ3) is 3.57. The number of para-hydroxylation sites is 2. The van der Waals surface area contributed by atoms with Crippen LogP contribution in [0.1, 0.15) is 43.9 Å². The third-order valence-corrected chi connectivity index (χ3v) is 4.37. The molecule has 3 aromatic rings. The van der Waals surface area contributed by atoms with Crippen LogP contribution in [0.15, 0.2) is 29.1 Å². The highest BCUT2D eigenvalue weighted by molar-refractivity contribution is 5.79. The van der Waals surface area contributed by atoms with Gasteiger partial charge < -0.3 is 9.72 Å². The zero-order chi connectivity index (χ0) is 17.8. The number of aromatic nitrogens is 3. The first kappa shape index (κ1) is 17.2. The number of hydrogen-bond donors (Lipinski definition) is 1. The van der Waals surface area contributed by atoms with E-state index in [1.165, 1.54) is 0 Å². The van der Waals surface area contributed by atoms with E-state index in [0.717, 1.165) is 36.0 Å². The number of imidazole rings is 1. The number of aromatic amines is 1. The first-order valence-electron chi connectivity index (χ1n) is 8.76. The molecule has 0 aliphatic carbocycles. The predicted octanol–water partition coefficient (Wildman–Crippen LogP) is 3.15. The molecule has 25 heavy (non-hydrogen) atoms. The lowest BCUT2D eigenvalue weighted by Gasteiger charge is -2.08. The molecule has 0 bridgehead atoms. The zero-order valence-corrected chi connectivity index (χ0v) is 14.7. The molecule has 0 spiro atoms. The van der Waals surface area contributed by atoms with Crippen LogP contribution in [0.3, 0.4) is 0 Å². The fourth-order valence-electron chi connectivity index (χ4n) is 3.01. The topological polar surface area (TPSA) is 76.5 Å². The number of nitrogens with one attached hydrogen (secondary N) is 1. The molecule has 0 saturated carbocycles. The lowest BCUT2D eigenvalue weighted by Crippen LogP contribution is -2.22. The Morgan fingerprint density at radius 3 is 2.88 bits per heavy atom. The van der Waals surface area contributed by atoms with Gasteiger partial charge in [0.1, 0.15) is 0 Å². The molecule has 0 atom stereocenters. The summed E-state index contributed by atoms with van der Waals surface area (Å²) in [6.07, 6.45) is 3.78. The second-order valence-corrected chi connectivity index (χ2v) is 6.22. The highest BCUT2D eigenvalue weighted by Crippen LogP contribution is 2.14. The molecule has 0 aliphatic rings. The van der Waals surface area contributed by atoms with Crippen molar-refractivity contribution in [3.05, 3.63) is 45.9 Å². The molecule has 3 rings (SSSR count). The molecular weight excluding hydrogens is 318 g/mol. The first-order valence-corrected chi connectivity index (χ1v) is 8.76. The smallest absolute Gasteiger partial charge is 0.305 e. The number of hydrogen-bond acceptors (Lipinski definition) is 4. The summed E-state index contributed by atoms with van der Waals surface area (Å²) in [6.45, 7) is 4.16. The maximum Gasteiger partial charge on any atom is 0.305 e. The van der Waals surface area contributed by atoms with Crippen LogP contribution < -0.4 is 5.56 Å². The maximum atomic E-state index is 12.9. The molecule has 0 saturated heterocycles.